The maximum Gasteiger partial charge on any atom is 0.306 e. The number of aliphatic hydroxyl groups excluding tert-OH is 3. The molecule has 0 bridgehead atoms. The second-order valence-corrected chi connectivity index (χ2v) is 20.8. The van der Waals surface area contributed by atoms with Crippen LogP contribution in [0.5, 0.6) is 0 Å². The molecule has 1 fully saturated rings. The summed E-state index contributed by atoms with van der Waals surface area (Å²) in [6, 6.07) is 0. The van der Waals surface area contributed by atoms with Crippen LogP contribution in [0.15, 0.2) is 12.2 Å². The van der Waals surface area contributed by atoms with Gasteiger partial charge in [-0.15, -0.1) is 0 Å². The molecule has 1 heterocycles. The lowest BCUT2D eigenvalue weighted by atomic mass is 10.00. The van der Waals surface area contributed by atoms with Gasteiger partial charge in [0.25, 0.3) is 10.1 Å². The molecule has 0 radical (unpaired) electrons. The van der Waals surface area contributed by atoms with Gasteiger partial charge in [0, 0.05) is 12.8 Å². The summed E-state index contributed by atoms with van der Waals surface area (Å²) in [5, 5.41) is 31.0. The van der Waals surface area contributed by atoms with Gasteiger partial charge in [-0.25, -0.2) is 0 Å². The van der Waals surface area contributed by atoms with Gasteiger partial charge in [0.2, 0.25) is 0 Å². The Labute approximate surface area is 403 Å². The summed E-state index contributed by atoms with van der Waals surface area (Å²) in [6.07, 6.45) is 39.7. The molecule has 1 rings (SSSR count). The Morgan fingerprint density at radius 2 is 0.864 bits per heavy atom. The zero-order chi connectivity index (χ0) is 48.4. The van der Waals surface area contributed by atoms with Crippen molar-refractivity contribution in [3.8, 4) is 0 Å². The molecular formula is C53H100O12S. The van der Waals surface area contributed by atoms with Crippen LogP contribution in [0.3, 0.4) is 0 Å². The van der Waals surface area contributed by atoms with Crippen molar-refractivity contribution >= 4 is 22.1 Å². The van der Waals surface area contributed by atoms with Crippen molar-refractivity contribution in [3.63, 3.8) is 0 Å². The molecule has 0 amide bonds. The molecule has 0 aromatic heterocycles. The monoisotopic (exact) mass is 961 g/mol. The second kappa shape index (κ2) is 43.4. The summed E-state index contributed by atoms with van der Waals surface area (Å²) in [7, 11) is -4.60. The molecule has 66 heavy (non-hydrogen) atoms. The van der Waals surface area contributed by atoms with Crippen LogP contribution in [0.1, 0.15) is 258 Å². The normalized spacial score (nSPS) is 19.4. The minimum Gasteiger partial charge on any atom is -0.462 e. The second-order valence-electron chi connectivity index (χ2n) is 19.3. The number of rotatable bonds is 47. The number of unbranched alkanes of at least 4 members (excludes halogenated alkanes) is 33. The SMILES string of the molecule is CCCCCCCC/C=C\CCCCCCCC(=O)OC(COC(=O)CCCCCCCCCCCCCCCCCCCCCCCCC)COC1OC(CS(=O)(=O)O)C(O)C(O)C1O. The number of ether oxygens (including phenoxy) is 4. The fraction of sp³-hybridized carbons (Fsp3) is 0.925. The van der Waals surface area contributed by atoms with Crippen molar-refractivity contribution in [1.29, 1.82) is 0 Å². The first-order valence-electron chi connectivity index (χ1n) is 27.2. The topological polar surface area (TPSA) is 186 Å². The van der Waals surface area contributed by atoms with Crippen LogP contribution in [-0.2, 0) is 38.7 Å². The summed E-state index contributed by atoms with van der Waals surface area (Å²) in [5.74, 6) is -1.97. The van der Waals surface area contributed by atoms with Crippen LogP contribution in [0.2, 0.25) is 0 Å². The summed E-state index contributed by atoms with van der Waals surface area (Å²) in [4.78, 5) is 25.5. The molecule has 0 spiro atoms. The molecule has 0 aliphatic carbocycles. The molecule has 1 aliphatic rings. The average molecular weight is 961 g/mol. The van der Waals surface area contributed by atoms with Crippen molar-refractivity contribution in [1.82, 2.24) is 0 Å². The maximum absolute atomic E-state index is 12.9. The van der Waals surface area contributed by atoms with E-state index in [9.17, 15) is 37.9 Å². The van der Waals surface area contributed by atoms with Crippen LogP contribution in [0, 0.1) is 0 Å². The largest absolute Gasteiger partial charge is 0.462 e. The molecule has 12 nitrogen and oxygen atoms in total. The van der Waals surface area contributed by atoms with Gasteiger partial charge < -0.3 is 34.3 Å². The lowest BCUT2D eigenvalue weighted by Gasteiger charge is -2.40. The fourth-order valence-electron chi connectivity index (χ4n) is 8.62. The van der Waals surface area contributed by atoms with Gasteiger partial charge in [-0.3, -0.25) is 14.1 Å². The number of aliphatic hydroxyl groups is 3. The summed E-state index contributed by atoms with van der Waals surface area (Å²) in [5.41, 5.74) is 0. The van der Waals surface area contributed by atoms with Gasteiger partial charge in [-0.2, -0.15) is 8.42 Å². The van der Waals surface area contributed by atoms with Crippen molar-refractivity contribution < 1.29 is 56.8 Å². The standard InChI is InChI=1S/C53H100O12S/c1-3-5-7-9-11-13-15-17-19-20-21-22-23-24-25-26-28-29-31-33-35-37-39-41-48(54)62-43-46(44-63-53-52(58)51(57)50(56)47(65-53)45-66(59,60)61)64-49(55)42-40-38-36-34-32-30-27-18-16-14-12-10-8-6-4-2/h18,27,46-47,50-53,56-58H,3-17,19-26,28-45H2,1-2H3,(H,59,60,61)/b27-18-. The first-order valence-corrected chi connectivity index (χ1v) is 28.9. The Hall–Kier alpha value is -1.61. The number of hydrogen-bond acceptors (Lipinski definition) is 11. The van der Waals surface area contributed by atoms with E-state index >= 15 is 0 Å². The Balaban J connectivity index is 2.30. The number of allylic oxidation sites excluding steroid dienone is 2. The van der Waals surface area contributed by atoms with Crippen molar-refractivity contribution in [3.05, 3.63) is 12.2 Å². The average Bonchev–Trinajstić information content (AvgIpc) is 3.28. The van der Waals surface area contributed by atoms with Crippen LogP contribution in [-0.4, -0.2) is 96.0 Å². The van der Waals surface area contributed by atoms with Gasteiger partial charge in [0.1, 0.15) is 36.8 Å². The van der Waals surface area contributed by atoms with Gasteiger partial charge in [-0.05, 0) is 38.5 Å². The van der Waals surface area contributed by atoms with Crippen molar-refractivity contribution in [2.45, 2.75) is 295 Å². The number of hydrogen-bond donors (Lipinski definition) is 4. The molecule has 0 aromatic rings. The fourth-order valence-corrected chi connectivity index (χ4v) is 9.31. The molecular weight excluding hydrogens is 861 g/mol. The molecule has 4 N–H and O–H groups in total. The highest BCUT2D eigenvalue weighted by Gasteiger charge is 2.46. The number of carbonyl (C=O) groups excluding carboxylic acids is 2. The Bertz CT molecular complexity index is 1260. The van der Waals surface area contributed by atoms with Crippen molar-refractivity contribution in [2.75, 3.05) is 19.0 Å². The molecule has 1 saturated heterocycles. The van der Waals surface area contributed by atoms with E-state index in [0.29, 0.717) is 12.8 Å². The quantitative estimate of drug-likeness (QED) is 0.0196. The van der Waals surface area contributed by atoms with Crippen LogP contribution >= 0.6 is 0 Å². The number of carbonyl (C=O) groups is 2. The van der Waals surface area contributed by atoms with E-state index in [-0.39, 0.29) is 19.4 Å². The van der Waals surface area contributed by atoms with Gasteiger partial charge in [-0.1, -0.05) is 219 Å². The summed E-state index contributed by atoms with van der Waals surface area (Å²) >= 11 is 0. The van der Waals surface area contributed by atoms with E-state index in [2.05, 4.69) is 26.0 Å². The molecule has 0 aromatic carbocycles. The third-order valence-corrected chi connectivity index (χ3v) is 13.6. The Morgan fingerprint density at radius 3 is 1.26 bits per heavy atom. The first kappa shape index (κ1) is 62.4. The highest BCUT2D eigenvalue weighted by Crippen LogP contribution is 2.24. The predicted octanol–water partition coefficient (Wildman–Crippen LogP) is 12.6. The molecule has 1 aliphatic heterocycles. The zero-order valence-corrected chi connectivity index (χ0v) is 42.9. The lowest BCUT2D eigenvalue weighted by molar-refractivity contribution is -0.297. The predicted molar refractivity (Wildman–Crippen MR) is 266 cm³/mol. The Kier molecular flexibility index (Phi) is 41.0. The van der Waals surface area contributed by atoms with E-state index < -0.39 is 71.2 Å². The van der Waals surface area contributed by atoms with Crippen LogP contribution in [0.25, 0.3) is 0 Å². The van der Waals surface area contributed by atoms with E-state index in [1.165, 1.54) is 161 Å². The lowest BCUT2D eigenvalue weighted by Crippen LogP contribution is -2.60. The highest BCUT2D eigenvalue weighted by molar-refractivity contribution is 7.85. The van der Waals surface area contributed by atoms with Gasteiger partial charge in [0.15, 0.2) is 12.4 Å². The molecule has 13 heteroatoms. The van der Waals surface area contributed by atoms with E-state index in [4.69, 9.17) is 18.9 Å². The summed E-state index contributed by atoms with van der Waals surface area (Å²) < 4.78 is 54.3. The smallest absolute Gasteiger partial charge is 0.306 e. The summed E-state index contributed by atoms with van der Waals surface area (Å²) in [6.45, 7) is 3.80. The third kappa shape index (κ3) is 37.3. The maximum atomic E-state index is 12.9. The van der Waals surface area contributed by atoms with Gasteiger partial charge in [0.05, 0.1) is 6.61 Å². The zero-order valence-electron chi connectivity index (χ0n) is 42.1. The van der Waals surface area contributed by atoms with Crippen LogP contribution in [0.4, 0.5) is 0 Å². The van der Waals surface area contributed by atoms with E-state index in [0.717, 1.165) is 57.8 Å². The molecule has 6 atom stereocenters. The Morgan fingerprint density at radius 1 is 0.500 bits per heavy atom. The highest BCUT2D eigenvalue weighted by atomic mass is 32.2. The number of esters is 2. The first-order chi connectivity index (χ1) is 32.0. The molecule has 0 saturated carbocycles. The minimum atomic E-state index is -4.60. The molecule has 390 valence electrons. The van der Waals surface area contributed by atoms with Crippen molar-refractivity contribution in [2.24, 2.45) is 0 Å². The molecule has 6 unspecified atom stereocenters. The van der Waals surface area contributed by atoms with Crippen LogP contribution < -0.4 is 0 Å². The van der Waals surface area contributed by atoms with E-state index in [1.54, 1.807) is 0 Å². The van der Waals surface area contributed by atoms with E-state index in [1.807, 2.05) is 0 Å². The third-order valence-electron chi connectivity index (χ3n) is 12.8. The minimum absolute atomic E-state index is 0.159. The van der Waals surface area contributed by atoms with Gasteiger partial charge >= 0.3 is 11.9 Å².